The lowest BCUT2D eigenvalue weighted by atomic mass is 10.1. The van der Waals surface area contributed by atoms with Crippen LogP contribution >= 0.6 is 11.6 Å². The van der Waals surface area contributed by atoms with Crippen molar-refractivity contribution < 1.29 is 18.0 Å². The molecule has 2 aliphatic rings. The maximum absolute atomic E-state index is 13.2. The van der Waals surface area contributed by atoms with Gasteiger partial charge in [0, 0.05) is 18.2 Å². The highest BCUT2D eigenvalue weighted by molar-refractivity contribution is 7.94. The van der Waals surface area contributed by atoms with Gasteiger partial charge >= 0.3 is 0 Å². The fraction of sp³-hybridized carbons (Fsp3) is 0.263. The monoisotopic (exact) mass is 404 g/mol. The molecule has 2 aliphatic heterocycles. The summed E-state index contributed by atoms with van der Waals surface area (Å²) in [4.78, 5) is 27.0. The third-order valence-electron chi connectivity index (χ3n) is 4.92. The molecule has 0 saturated carbocycles. The number of benzene rings is 2. The molecule has 2 amide bonds. The molecule has 1 unspecified atom stereocenters. The van der Waals surface area contributed by atoms with Crippen LogP contribution in [0.25, 0.3) is 0 Å². The number of amides is 2. The van der Waals surface area contributed by atoms with Crippen molar-refractivity contribution in [3.05, 3.63) is 58.6 Å². The molecule has 27 heavy (non-hydrogen) atoms. The summed E-state index contributed by atoms with van der Waals surface area (Å²) in [5.74, 6) is -1.05. The van der Waals surface area contributed by atoms with Gasteiger partial charge in [0.2, 0.25) is 15.9 Å². The van der Waals surface area contributed by atoms with Crippen molar-refractivity contribution >= 4 is 44.8 Å². The molecule has 140 valence electrons. The summed E-state index contributed by atoms with van der Waals surface area (Å²) in [7, 11) is -3.71. The first-order valence-electron chi connectivity index (χ1n) is 8.56. The van der Waals surface area contributed by atoms with Crippen LogP contribution in [-0.2, 0) is 21.2 Å². The topological polar surface area (TPSA) is 74.8 Å². The van der Waals surface area contributed by atoms with E-state index in [1.54, 1.807) is 4.90 Å². The number of anilines is 2. The van der Waals surface area contributed by atoms with Gasteiger partial charge in [-0.1, -0.05) is 29.8 Å². The number of fused-ring (bicyclic) bond motifs is 1. The van der Waals surface area contributed by atoms with Gasteiger partial charge in [0.25, 0.3) is 5.91 Å². The third kappa shape index (κ3) is 2.91. The van der Waals surface area contributed by atoms with E-state index in [4.69, 9.17) is 11.6 Å². The van der Waals surface area contributed by atoms with E-state index in [0.29, 0.717) is 0 Å². The Morgan fingerprint density at radius 1 is 1.19 bits per heavy atom. The molecule has 4 rings (SSSR count). The van der Waals surface area contributed by atoms with E-state index >= 15 is 0 Å². The fourth-order valence-corrected chi connectivity index (χ4v) is 5.33. The molecule has 6 nitrogen and oxygen atoms in total. The van der Waals surface area contributed by atoms with Gasteiger partial charge in [-0.3, -0.25) is 9.59 Å². The normalized spacial score (nSPS) is 20.8. The lowest BCUT2D eigenvalue weighted by molar-refractivity contribution is -0.116. The van der Waals surface area contributed by atoms with Crippen molar-refractivity contribution in [3.63, 3.8) is 0 Å². The summed E-state index contributed by atoms with van der Waals surface area (Å²) in [6.45, 7) is 1.95. The number of para-hydroxylation sites is 1. The Morgan fingerprint density at radius 3 is 2.63 bits per heavy atom. The van der Waals surface area contributed by atoms with E-state index in [0.717, 1.165) is 22.0 Å². The van der Waals surface area contributed by atoms with Crippen LogP contribution in [0.1, 0.15) is 29.3 Å². The Balaban J connectivity index is 1.77. The van der Waals surface area contributed by atoms with E-state index < -0.39 is 15.9 Å². The Bertz CT molecular complexity index is 1070. The number of hydrogen-bond donors (Lipinski definition) is 0. The second-order valence-corrected chi connectivity index (χ2v) is 9.09. The first-order valence-corrected chi connectivity index (χ1v) is 10.5. The van der Waals surface area contributed by atoms with E-state index in [1.165, 1.54) is 18.2 Å². The first-order chi connectivity index (χ1) is 12.8. The van der Waals surface area contributed by atoms with Crippen LogP contribution in [0.15, 0.2) is 42.5 Å². The van der Waals surface area contributed by atoms with Crippen LogP contribution in [0.3, 0.4) is 0 Å². The average molecular weight is 405 g/mol. The number of hydrogen-bond acceptors (Lipinski definition) is 4. The molecule has 0 radical (unpaired) electrons. The van der Waals surface area contributed by atoms with E-state index in [2.05, 4.69) is 0 Å². The SMILES string of the molecule is CC1Cc2ccccc2N1C(=O)c1cc(N2C(=O)CCS2(=O)=O)ccc1Cl. The summed E-state index contributed by atoms with van der Waals surface area (Å²) >= 11 is 6.26. The van der Waals surface area contributed by atoms with Gasteiger partial charge in [-0.25, -0.2) is 12.7 Å². The lowest BCUT2D eigenvalue weighted by Crippen LogP contribution is -2.36. The van der Waals surface area contributed by atoms with Crippen LogP contribution in [0.2, 0.25) is 5.02 Å². The molecule has 2 aromatic carbocycles. The van der Waals surface area contributed by atoms with E-state index in [-0.39, 0.29) is 40.4 Å². The maximum Gasteiger partial charge on any atom is 0.260 e. The summed E-state index contributed by atoms with van der Waals surface area (Å²) in [6.07, 6.45) is 0.670. The number of carbonyl (C=O) groups excluding carboxylic acids is 2. The molecule has 0 spiro atoms. The van der Waals surface area contributed by atoms with Crippen LogP contribution < -0.4 is 9.21 Å². The molecular weight excluding hydrogens is 388 g/mol. The highest BCUT2D eigenvalue weighted by atomic mass is 35.5. The molecule has 0 aliphatic carbocycles. The van der Waals surface area contributed by atoms with Crippen molar-refractivity contribution in [1.82, 2.24) is 0 Å². The summed E-state index contributed by atoms with van der Waals surface area (Å²) in [6, 6.07) is 11.9. The van der Waals surface area contributed by atoms with Crippen LogP contribution in [0.5, 0.6) is 0 Å². The van der Waals surface area contributed by atoms with Crippen molar-refractivity contribution in [2.24, 2.45) is 0 Å². The van der Waals surface area contributed by atoms with Crippen LogP contribution in [-0.4, -0.2) is 32.0 Å². The summed E-state index contributed by atoms with van der Waals surface area (Å²) in [5, 5.41) is 0.212. The van der Waals surface area contributed by atoms with E-state index in [9.17, 15) is 18.0 Å². The van der Waals surface area contributed by atoms with Crippen molar-refractivity contribution in [3.8, 4) is 0 Å². The molecule has 2 aromatic rings. The zero-order valence-corrected chi connectivity index (χ0v) is 16.1. The predicted octanol–water partition coefficient (Wildman–Crippen LogP) is 3.00. The molecule has 0 N–H and O–H groups in total. The molecule has 0 bridgehead atoms. The number of carbonyl (C=O) groups is 2. The average Bonchev–Trinajstić information content (AvgIpc) is 3.10. The third-order valence-corrected chi connectivity index (χ3v) is 6.94. The predicted molar refractivity (Wildman–Crippen MR) is 104 cm³/mol. The molecular formula is C19H17ClN2O4S. The van der Waals surface area contributed by atoms with Crippen LogP contribution in [0.4, 0.5) is 11.4 Å². The summed E-state index contributed by atoms with van der Waals surface area (Å²) in [5.41, 5.74) is 2.21. The van der Waals surface area contributed by atoms with Crippen molar-refractivity contribution in [1.29, 1.82) is 0 Å². The van der Waals surface area contributed by atoms with E-state index in [1.807, 2.05) is 31.2 Å². The molecule has 1 atom stereocenters. The Hall–Kier alpha value is -2.38. The van der Waals surface area contributed by atoms with Gasteiger partial charge in [-0.05, 0) is 43.2 Å². The van der Waals surface area contributed by atoms with Gasteiger partial charge in [-0.15, -0.1) is 0 Å². The van der Waals surface area contributed by atoms with Crippen LogP contribution in [0, 0.1) is 0 Å². The molecule has 1 saturated heterocycles. The minimum atomic E-state index is -3.71. The van der Waals surface area contributed by atoms with Gasteiger partial charge in [0.05, 0.1) is 22.0 Å². The number of halogens is 1. The Labute approximate surface area is 162 Å². The number of sulfonamides is 1. The lowest BCUT2D eigenvalue weighted by Gasteiger charge is -2.24. The quantitative estimate of drug-likeness (QED) is 0.771. The maximum atomic E-state index is 13.2. The minimum Gasteiger partial charge on any atom is -0.305 e. The first kappa shape index (κ1) is 18.0. The molecule has 0 aromatic heterocycles. The van der Waals surface area contributed by atoms with Crippen molar-refractivity contribution in [2.45, 2.75) is 25.8 Å². The molecule has 8 heteroatoms. The second kappa shape index (κ2) is 6.35. The standard InChI is InChI=1S/C19H17ClN2O4S/c1-12-10-13-4-2-3-5-17(13)21(12)19(24)15-11-14(6-7-16(15)20)22-18(23)8-9-27(22,25)26/h2-7,11-12H,8-10H2,1H3. The smallest absolute Gasteiger partial charge is 0.260 e. The zero-order chi connectivity index (χ0) is 19.3. The molecule has 2 heterocycles. The van der Waals surface area contributed by atoms with Gasteiger partial charge < -0.3 is 4.90 Å². The second-order valence-electron chi connectivity index (χ2n) is 6.75. The molecule has 1 fully saturated rings. The fourth-order valence-electron chi connectivity index (χ4n) is 3.68. The Kier molecular flexibility index (Phi) is 4.24. The minimum absolute atomic E-state index is 0.0493. The number of nitrogens with zero attached hydrogens (tertiary/aromatic N) is 2. The Morgan fingerprint density at radius 2 is 1.93 bits per heavy atom. The van der Waals surface area contributed by atoms with Gasteiger partial charge in [-0.2, -0.15) is 0 Å². The highest BCUT2D eigenvalue weighted by Crippen LogP contribution is 2.35. The summed E-state index contributed by atoms with van der Waals surface area (Å²) < 4.78 is 25.1. The van der Waals surface area contributed by atoms with Gasteiger partial charge in [0.15, 0.2) is 0 Å². The largest absolute Gasteiger partial charge is 0.305 e. The van der Waals surface area contributed by atoms with Crippen molar-refractivity contribution in [2.75, 3.05) is 15.0 Å². The number of rotatable bonds is 2. The zero-order valence-electron chi connectivity index (χ0n) is 14.6. The highest BCUT2D eigenvalue weighted by Gasteiger charge is 2.37. The van der Waals surface area contributed by atoms with Gasteiger partial charge in [0.1, 0.15) is 0 Å².